The van der Waals surface area contributed by atoms with E-state index in [1.807, 2.05) is 78.9 Å². The summed E-state index contributed by atoms with van der Waals surface area (Å²) in [5.74, 6) is 2.58. The molecular formula is C26H30N2O4. The molecule has 0 fully saturated rings. The Balaban J connectivity index is 1.43. The molecule has 6 nitrogen and oxygen atoms in total. The van der Waals surface area contributed by atoms with E-state index < -0.39 is 0 Å². The highest BCUT2D eigenvalue weighted by Crippen LogP contribution is 2.23. The van der Waals surface area contributed by atoms with Crippen molar-refractivity contribution in [3.05, 3.63) is 78.9 Å². The Hall–Kier alpha value is -3.67. The van der Waals surface area contributed by atoms with Crippen LogP contribution in [0.4, 0.5) is 11.4 Å². The van der Waals surface area contributed by atoms with Gasteiger partial charge in [0.05, 0.1) is 18.8 Å². The lowest BCUT2D eigenvalue weighted by atomic mass is 10.2. The molecule has 168 valence electrons. The number of hydrogen-bond acceptors (Lipinski definition) is 5. The average molecular weight is 435 g/mol. The van der Waals surface area contributed by atoms with Crippen LogP contribution in [-0.4, -0.2) is 32.3 Å². The summed E-state index contributed by atoms with van der Waals surface area (Å²) in [5.41, 5.74) is 1.47. The van der Waals surface area contributed by atoms with Gasteiger partial charge in [0.1, 0.15) is 30.5 Å². The van der Waals surface area contributed by atoms with Crippen molar-refractivity contribution in [2.45, 2.75) is 13.8 Å². The van der Waals surface area contributed by atoms with E-state index in [2.05, 4.69) is 24.5 Å². The summed E-state index contributed by atoms with van der Waals surface area (Å²) in [7, 11) is 0. The molecule has 0 unspecified atom stereocenters. The van der Waals surface area contributed by atoms with Crippen molar-refractivity contribution >= 4 is 17.3 Å². The van der Waals surface area contributed by atoms with E-state index in [1.165, 1.54) is 0 Å². The minimum Gasteiger partial charge on any atom is -0.493 e. The molecule has 2 N–H and O–H groups in total. The standard InChI is InChI=1S/C26H30N2O4/c1-20(2)19-32-23-14-12-21(13-15-23)28-26(29)18-27-24-10-6-7-11-25(24)31-17-16-30-22-8-4-3-5-9-22/h3-15,20,27H,16-19H2,1-2H3,(H,28,29). The Morgan fingerprint density at radius 1 is 0.781 bits per heavy atom. The molecule has 0 saturated heterocycles. The van der Waals surface area contributed by atoms with Crippen molar-refractivity contribution in [3.63, 3.8) is 0 Å². The molecule has 6 heteroatoms. The van der Waals surface area contributed by atoms with E-state index in [4.69, 9.17) is 14.2 Å². The first-order chi connectivity index (χ1) is 15.6. The minimum atomic E-state index is -0.150. The van der Waals surface area contributed by atoms with Crippen LogP contribution in [0.3, 0.4) is 0 Å². The van der Waals surface area contributed by atoms with Gasteiger partial charge in [0, 0.05) is 5.69 Å². The molecule has 0 saturated carbocycles. The number of ether oxygens (including phenoxy) is 3. The topological polar surface area (TPSA) is 68.8 Å². The normalized spacial score (nSPS) is 10.5. The van der Waals surface area contributed by atoms with E-state index in [0.717, 1.165) is 22.9 Å². The lowest BCUT2D eigenvalue weighted by Gasteiger charge is -2.14. The molecule has 0 bridgehead atoms. The Morgan fingerprint density at radius 3 is 2.19 bits per heavy atom. The van der Waals surface area contributed by atoms with Crippen LogP contribution in [0.25, 0.3) is 0 Å². The van der Waals surface area contributed by atoms with Crippen molar-refractivity contribution in [3.8, 4) is 17.2 Å². The molecular weight excluding hydrogens is 404 g/mol. The summed E-state index contributed by atoms with van der Waals surface area (Å²) in [4.78, 5) is 12.3. The van der Waals surface area contributed by atoms with Gasteiger partial charge in [-0.05, 0) is 54.4 Å². The van der Waals surface area contributed by atoms with Crippen LogP contribution in [0.2, 0.25) is 0 Å². The van der Waals surface area contributed by atoms with Gasteiger partial charge in [-0.25, -0.2) is 0 Å². The van der Waals surface area contributed by atoms with E-state index in [0.29, 0.717) is 31.5 Å². The van der Waals surface area contributed by atoms with Crippen LogP contribution >= 0.6 is 0 Å². The van der Waals surface area contributed by atoms with E-state index >= 15 is 0 Å². The highest BCUT2D eigenvalue weighted by molar-refractivity contribution is 5.94. The zero-order chi connectivity index (χ0) is 22.6. The first-order valence-corrected chi connectivity index (χ1v) is 10.8. The quantitative estimate of drug-likeness (QED) is 0.382. The summed E-state index contributed by atoms with van der Waals surface area (Å²) in [6.45, 7) is 5.80. The third-order valence-electron chi connectivity index (χ3n) is 4.40. The number of carbonyl (C=O) groups is 1. The third-order valence-corrected chi connectivity index (χ3v) is 4.40. The van der Waals surface area contributed by atoms with E-state index in [9.17, 15) is 4.79 Å². The summed E-state index contributed by atoms with van der Waals surface area (Å²) in [6, 6.07) is 24.5. The number of anilines is 2. The molecule has 0 atom stereocenters. The molecule has 0 heterocycles. The van der Waals surface area contributed by atoms with Gasteiger partial charge in [-0.3, -0.25) is 4.79 Å². The number of benzene rings is 3. The predicted octanol–water partition coefficient (Wildman–Crippen LogP) is 5.23. The van der Waals surface area contributed by atoms with E-state index in [1.54, 1.807) is 0 Å². The van der Waals surface area contributed by atoms with E-state index in [-0.39, 0.29) is 12.5 Å². The Bertz CT molecular complexity index is 959. The molecule has 0 aliphatic rings. The maximum Gasteiger partial charge on any atom is 0.243 e. The summed E-state index contributed by atoms with van der Waals surface area (Å²) < 4.78 is 17.1. The first-order valence-electron chi connectivity index (χ1n) is 10.8. The molecule has 0 radical (unpaired) electrons. The van der Waals surface area contributed by atoms with Crippen LogP contribution in [0.5, 0.6) is 17.2 Å². The fourth-order valence-electron chi connectivity index (χ4n) is 2.84. The number of carbonyl (C=O) groups excluding carboxylic acids is 1. The van der Waals surface area contributed by atoms with Gasteiger partial charge in [0.15, 0.2) is 0 Å². The van der Waals surface area contributed by atoms with Crippen LogP contribution < -0.4 is 24.8 Å². The number of amides is 1. The van der Waals surface area contributed by atoms with Crippen molar-refractivity contribution in [2.24, 2.45) is 5.92 Å². The SMILES string of the molecule is CC(C)COc1ccc(NC(=O)CNc2ccccc2OCCOc2ccccc2)cc1. The van der Waals surface area contributed by atoms with Gasteiger partial charge in [-0.1, -0.05) is 44.2 Å². The second kappa shape index (κ2) is 12.2. The largest absolute Gasteiger partial charge is 0.493 e. The summed E-state index contributed by atoms with van der Waals surface area (Å²) in [6.07, 6.45) is 0. The molecule has 0 aliphatic heterocycles. The fraction of sp³-hybridized carbons (Fsp3) is 0.269. The van der Waals surface area contributed by atoms with Crippen LogP contribution in [0, 0.1) is 5.92 Å². The molecule has 0 spiro atoms. The first kappa shape index (κ1) is 23.0. The predicted molar refractivity (Wildman–Crippen MR) is 128 cm³/mol. The molecule has 32 heavy (non-hydrogen) atoms. The van der Waals surface area contributed by atoms with Gasteiger partial charge in [-0.15, -0.1) is 0 Å². The van der Waals surface area contributed by atoms with Crippen LogP contribution in [-0.2, 0) is 4.79 Å². The van der Waals surface area contributed by atoms with Gasteiger partial charge in [-0.2, -0.15) is 0 Å². The van der Waals surface area contributed by atoms with Gasteiger partial charge >= 0.3 is 0 Å². The second-order valence-electron chi connectivity index (χ2n) is 7.64. The zero-order valence-corrected chi connectivity index (χ0v) is 18.5. The Labute approximate surface area is 189 Å². The van der Waals surface area contributed by atoms with Crippen molar-refractivity contribution in [2.75, 3.05) is 37.0 Å². The van der Waals surface area contributed by atoms with Crippen molar-refractivity contribution in [1.82, 2.24) is 0 Å². The maximum atomic E-state index is 12.3. The smallest absolute Gasteiger partial charge is 0.243 e. The number of nitrogens with one attached hydrogen (secondary N) is 2. The second-order valence-corrected chi connectivity index (χ2v) is 7.64. The zero-order valence-electron chi connectivity index (χ0n) is 18.5. The highest BCUT2D eigenvalue weighted by Gasteiger charge is 2.07. The van der Waals surface area contributed by atoms with Crippen molar-refractivity contribution in [1.29, 1.82) is 0 Å². The molecule has 3 aromatic rings. The maximum absolute atomic E-state index is 12.3. The molecule has 3 aromatic carbocycles. The Morgan fingerprint density at radius 2 is 1.44 bits per heavy atom. The monoisotopic (exact) mass is 434 g/mol. The summed E-state index contributed by atoms with van der Waals surface area (Å²) >= 11 is 0. The Kier molecular flexibility index (Phi) is 8.80. The van der Waals surface area contributed by atoms with Gasteiger partial charge < -0.3 is 24.8 Å². The highest BCUT2D eigenvalue weighted by atomic mass is 16.5. The summed E-state index contributed by atoms with van der Waals surface area (Å²) in [5, 5.41) is 6.01. The van der Waals surface area contributed by atoms with Crippen molar-refractivity contribution < 1.29 is 19.0 Å². The fourth-order valence-corrected chi connectivity index (χ4v) is 2.84. The van der Waals surface area contributed by atoms with Gasteiger partial charge in [0.25, 0.3) is 0 Å². The number of rotatable bonds is 12. The molecule has 1 amide bonds. The lowest BCUT2D eigenvalue weighted by molar-refractivity contribution is -0.114. The van der Waals surface area contributed by atoms with Crippen LogP contribution in [0.1, 0.15) is 13.8 Å². The molecule has 3 rings (SSSR count). The third kappa shape index (κ3) is 7.87. The molecule has 0 aromatic heterocycles. The number of hydrogen-bond donors (Lipinski definition) is 2. The average Bonchev–Trinajstić information content (AvgIpc) is 2.81. The minimum absolute atomic E-state index is 0.118. The van der Waals surface area contributed by atoms with Gasteiger partial charge in [0.2, 0.25) is 5.91 Å². The molecule has 0 aliphatic carbocycles. The number of para-hydroxylation sites is 3. The van der Waals surface area contributed by atoms with Crippen LogP contribution in [0.15, 0.2) is 78.9 Å². The lowest BCUT2D eigenvalue weighted by Crippen LogP contribution is -2.22.